The van der Waals surface area contributed by atoms with Gasteiger partial charge in [0.2, 0.25) is 0 Å². The van der Waals surface area contributed by atoms with Crippen molar-refractivity contribution in [3.63, 3.8) is 0 Å². The van der Waals surface area contributed by atoms with Gasteiger partial charge in [-0.25, -0.2) is 0 Å². The molecule has 0 aliphatic carbocycles. The van der Waals surface area contributed by atoms with Crippen molar-refractivity contribution in [2.24, 2.45) is 0 Å². The van der Waals surface area contributed by atoms with E-state index in [1.165, 1.54) is 15.4 Å². The lowest BCUT2D eigenvalue weighted by Gasteiger charge is -2.24. The Morgan fingerprint density at radius 1 is 1.26 bits per heavy atom. The van der Waals surface area contributed by atoms with Crippen LogP contribution in [-0.4, -0.2) is 43.7 Å². The van der Waals surface area contributed by atoms with Gasteiger partial charge in [0.15, 0.2) is 0 Å². The summed E-state index contributed by atoms with van der Waals surface area (Å²) < 4.78 is 27.4. The lowest BCUT2D eigenvalue weighted by atomic mass is 9.93. The lowest BCUT2D eigenvalue weighted by Crippen LogP contribution is -2.41. The molecule has 0 amide bonds. The second-order valence-corrected chi connectivity index (χ2v) is 7.59. The molecule has 4 nitrogen and oxygen atoms in total. The molecule has 1 aliphatic heterocycles. The maximum atomic E-state index is 12.3. The fourth-order valence-corrected chi connectivity index (χ4v) is 4.13. The highest BCUT2D eigenvalue weighted by molar-refractivity contribution is 7.86. The van der Waals surface area contributed by atoms with Gasteiger partial charge in [0.25, 0.3) is 10.2 Å². The molecule has 0 bridgehead atoms. The molecule has 1 aliphatic rings. The van der Waals surface area contributed by atoms with E-state index >= 15 is 0 Å². The van der Waals surface area contributed by atoms with Crippen molar-refractivity contribution in [1.82, 2.24) is 8.61 Å². The summed E-state index contributed by atoms with van der Waals surface area (Å²) in [7, 11) is -0.140. The predicted octanol–water partition coefficient (Wildman–Crippen LogP) is 1.98. The average Bonchev–Trinajstić information content (AvgIpc) is 2.72. The van der Waals surface area contributed by atoms with Gasteiger partial charge >= 0.3 is 0 Å². The second kappa shape index (κ2) is 5.23. The summed E-state index contributed by atoms with van der Waals surface area (Å²) in [5.74, 6) is 0.297. The van der Waals surface area contributed by atoms with E-state index in [1.807, 2.05) is 19.1 Å². The van der Waals surface area contributed by atoms with Crippen LogP contribution < -0.4 is 0 Å². The molecule has 1 aromatic carbocycles. The van der Waals surface area contributed by atoms with E-state index in [2.05, 4.69) is 19.1 Å². The highest BCUT2D eigenvalue weighted by atomic mass is 32.2. The van der Waals surface area contributed by atoms with Gasteiger partial charge in [-0.1, -0.05) is 24.3 Å². The standard InChI is InChI=1S/C14H22N2O2S/c1-11-7-5-6-8-14(11)13-9-12(2)16(10-13)19(17,18)15(3)4/h5-8,12-13H,9-10H2,1-4H3/t12-,13-/m1/s1. The number of benzene rings is 1. The first kappa shape index (κ1) is 14.5. The molecule has 106 valence electrons. The van der Waals surface area contributed by atoms with E-state index in [9.17, 15) is 8.42 Å². The number of hydrogen-bond acceptors (Lipinski definition) is 2. The van der Waals surface area contributed by atoms with Gasteiger partial charge in [-0.05, 0) is 37.3 Å². The Kier molecular flexibility index (Phi) is 3.99. The smallest absolute Gasteiger partial charge is 0.195 e. The van der Waals surface area contributed by atoms with Crippen molar-refractivity contribution in [1.29, 1.82) is 0 Å². The number of aryl methyl sites for hydroxylation is 1. The van der Waals surface area contributed by atoms with Crippen LogP contribution in [0.2, 0.25) is 0 Å². The summed E-state index contributed by atoms with van der Waals surface area (Å²) in [6, 6.07) is 8.29. The van der Waals surface area contributed by atoms with Crippen molar-refractivity contribution < 1.29 is 8.42 Å². The summed E-state index contributed by atoms with van der Waals surface area (Å²) in [6.45, 7) is 4.65. The van der Waals surface area contributed by atoms with Crippen molar-refractivity contribution in [2.75, 3.05) is 20.6 Å². The van der Waals surface area contributed by atoms with Crippen molar-refractivity contribution in [3.05, 3.63) is 35.4 Å². The minimum absolute atomic E-state index is 0.0528. The first-order valence-electron chi connectivity index (χ1n) is 6.59. The zero-order valence-corrected chi connectivity index (χ0v) is 12.8. The van der Waals surface area contributed by atoms with Gasteiger partial charge in [0.1, 0.15) is 0 Å². The van der Waals surface area contributed by atoms with Gasteiger partial charge in [0, 0.05) is 26.7 Å². The summed E-state index contributed by atoms with van der Waals surface area (Å²) in [4.78, 5) is 0. The molecule has 0 radical (unpaired) electrons. The molecular weight excluding hydrogens is 260 g/mol. The highest BCUT2D eigenvalue weighted by Crippen LogP contribution is 2.35. The Labute approximate surface area is 116 Å². The molecule has 1 aromatic rings. The maximum absolute atomic E-state index is 12.3. The van der Waals surface area contributed by atoms with Crippen molar-refractivity contribution >= 4 is 10.2 Å². The fraction of sp³-hybridized carbons (Fsp3) is 0.571. The minimum atomic E-state index is -3.31. The normalized spacial score (nSPS) is 25.1. The van der Waals surface area contributed by atoms with Crippen LogP contribution in [0.25, 0.3) is 0 Å². The van der Waals surface area contributed by atoms with Crippen LogP contribution in [0.4, 0.5) is 0 Å². The zero-order chi connectivity index (χ0) is 14.2. The third kappa shape index (κ3) is 2.68. The summed E-state index contributed by atoms with van der Waals surface area (Å²) in [5, 5.41) is 0. The molecule has 2 rings (SSSR count). The Morgan fingerprint density at radius 3 is 2.47 bits per heavy atom. The summed E-state index contributed by atoms with van der Waals surface area (Å²) in [6.07, 6.45) is 0.887. The van der Waals surface area contributed by atoms with Crippen molar-refractivity contribution in [2.45, 2.75) is 32.2 Å². The SMILES string of the molecule is Cc1ccccc1[C@@H]1C[C@@H](C)N(S(=O)(=O)N(C)C)C1. The van der Waals surface area contributed by atoms with Crippen LogP contribution >= 0.6 is 0 Å². The Hall–Kier alpha value is -0.910. The van der Waals surface area contributed by atoms with E-state index in [4.69, 9.17) is 0 Å². The minimum Gasteiger partial charge on any atom is -0.195 e. The van der Waals surface area contributed by atoms with E-state index in [0.717, 1.165) is 6.42 Å². The van der Waals surface area contributed by atoms with E-state index in [1.54, 1.807) is 18.4 Å². The maximum Gasteiger partial charge on any atom is 0.281 e. The molecule has 1 fully saturated rings. The van der Waals surface area contributed by atoms with Crippen molar-refractivity contribution in [3.8, 4) is 0 Å². The van der Waals surface area contributed by atoms with Gasteiger partial charge in [-0.15, -0.1) is 0 Å². The molecular formula is C14H22N2O2S. The van der Waals surface area contributed by atoms with E-state index in [-0.39, 0.29) is 6.04 Å². The van der Waals surface area contributed by atoms with Crippen LogP contribution in [-0.2, 0) is 10.2 Å². The van der Waals surface area contributed by atoms with Gasteiger partial charge in [0.05, 0.1) is 0 Å². The second-order valence-electron chi connectivity index (χ2n) is 5.50. The first-order chi connectivity index (χ1) is 8.84. The number of nitrogens with zero attached hydrogens (tertiary/aromatic N) is 2. The Balaban J connectivity index is 2.26. The molecule has 1 heterocycles. The largest absolute Gasteiger partial charge is 0.281 e. The molecule has 0 N–H and O–H groups in total. The summed E-state index contributed by atoms with van der Waals surface area (Å²) >= 11 is 0. The first-order valence-corrected chi connectivity index (χ1v) is 7.98. The molecule has 0 spiro atoms. The topological polar surface area (TPSA) is 40.6 Å². The Morgan fingerprint density at radius 2 is 1.89 bits per heavy atom. The molecule has 0 aromatic heterocycles. The van der Waals surface area contributed by atoms with E-state index in [0.29, 0.717) is 12.5 Å². The van der Waals surface area contributed by atoms with Crippen LogP contribution in [0, 0.1) is 6.92 Å². The average molecular weight is 282 g/mol. The zero-order valence-electron chi connectivity index (χ0n) is 12.0. The quantitative estimate of drug-likeness (QED) is 0.850. The van der Waals surface area contributed by atoms with Crippen LogP contribution in [0.5, 0.6) is 0 Å². The molecule has 5 heteroatoms. The van der Waals surface area contributed by atoms with Gasteiger partial charge in [-0.3, -0.25) is 0 Å². The Bertz CT molecular complexity index is 554. The predicted molar refractivity (Wildman–Crippen MR) is 77.3 cm³/mol. The lowest BCUT2D eigenvalue weighted by molar-refractivity contribution is 0.371. The third-order valence-electron chi connectivity index (χ3n) is 3.90. The molecule has 0 unspecified atom stereocenters. The summed E-state index contributed by atoms with van der Waals surface area (Å²) in [5.41, 5.74) is 2.51. The monoisotopic (exact) mass is 282 g/mol. The third-order valence-corrected chi connectivity index (χ3v) is 5.93. The molecule has 1 saturated heterocycles. The van der Waals surface area contributed by atoms with Crippen LogP contribution in [0.15, 0.2) is 24.3 Å². The number of rotatable bonds is 3. The highest BCUT2D eigenvalue weighted by Gasteiger charge is 2.38. The fourth-order valence-electron chi connectivity index (χ4n) is 2.80. The van der Waals surface area contributed by atoms with Gasteiger partial charge in [-0.2, -0.15) is 17.0 Å². The van der Waals surface area contributed by atoms with Crippen LogP contribution in [0.3, 0.4) is 0 Å². The molecule has 0 saturated carbocycles. The van der Waals surface area contributed by atoms with E-state index < -0.39 is 10.2 Å². The molecule has 19 heavy (non-hydrogen) atoms. The molecule has 2 atom stereocenters. The van der Waals surface area contributed by atoms with Crippen LogP contribution in [0.1, 0.15) is 30.4 Å². The van der Waals surface area contributed by atoms with Gasteiger partial charge < -0.3 is 0 Å². The number of hydrogen-bond donors (Lipinski definition) is 0.